The second-order valence-electron chi connectivity index (χ2n) is 6.61. The van der Waals surface area contributed by atoms with Crippen molar-refractivity contribution >= 4 is 50.9 Å². The van der Waals surface area contributed by atoms with Crippen LogP contribution in [0.3, 0.4) is 0 Å². The number of likely N-dealkylation sites (tertiary alicyclic amines) is 1. The monoisotopic (exact) mass is 422 g/mol. The Hall–Kier alpha value is -0.650. The van der Waals surface area contributed by atoms with E-state index in [1.165, 1.54) is 0 Å². The van der Waals surface area contributed by atoms with E-state index in [9.17, 15) is 4.79 Å². The predicted octanol–water partition coefficient (Wildman–Crippen LogP) is 5.57. The van der Waals surface area contributed by atoms with Crippen LogP contribution in [0.25, 0.3) is 0 Å². The normalized spacial score (nSPS) is 16.3. The highest BCUT2D eigenvalue weighted by atomic mass is 79.9. The van der Waals surface area contributed by atoms with Crippen LogP contribution in [-0.2, 0) is 4.74 Å². The maximum atomic E-state index is 12.1. The van der Waals surface area contributed by atoms with Crippen LogP contribution in [0.2, 0.25) is 10.0 Å². The maximum Gasteiger partial charge on any atom is 0.410 e. The Morgan fingerprint density at radius 2 is 1.87 bits per heavy atom. The van der Waals surface area contributed by atoms with Gasteiger partial charge in [0.2, 0.25) is 0 Å². The number of halogens is 3. The number of carbonyl (C=O) groups is 1. The van der Waals surface area contributed by atoms with Gasteiger partial charge < -0.3 is 15.0 Å². The van der Waals surface area contributed by atoms with Crippen LogP contribution in [0.15, 0.2) is 16.6 Å². The zero-order chi connectivity index (χ0) is 17.2. The first-order valence-electron chi connectivity index (χ1n) is 7.55. The number of carbonyl (C=O) groups excluding carboxylic acids is 1. The molecule has 0 unspecified atom stereocenters. The van der Waals surface area contributed by atoms with Crippen LogP contribution in [0.4, 0.5) is 10.5 Å². The zero-order valence-electron chi connectivity index (χ0n) is 13.5. The summed E-state index contributed by atoms with van der Waals surface area (Å²) in [7, 11) is 0. The summed E-state index contributed by atoms with van der Waals surface area (Å²) < 4.78 is 6.17. The van der Waals surface area contributed by atoms with Crippen molar-refractivity contribution < 1.29 is 9.53 Å². The van der Waals surface area contributed by atoms with E-state index in [0.29, 0.717) is 23.1 Å². The minimum atomic E-state index is -0.464. The number of ether oxygens (including phenoxy) is 1. The van der Waals surface area contributed by atoms with E-state index >= 15 is 0 Å². The molecule has 0 radical (unpaired) electrons. The summed E-state index contributed by atoms with van der Waals surface area (Å²) in [6.45, 7) is 6.94. The summed E-state index contributed by atoms with van der Waals surface area (Å²) in [5.41, 5.74) is 0.351. The van der Waals surface area contributed by atoms with Crippen molar-refractivity contribution in [2.75, 3.05) is 18.4 Å². The highest BCUT2D eigenvalue weighted by molar-refractivity contribution is 9.10. The Morgan fingerprint density at radius 1 is 1.26 bits per heavy atom. The molecule has 1 aromatic carbocycles. The van der Waals surface area contributed by atoms with Gasteiger partial charge in [-0.15, -0.1) is 0 Å². The van der Waals surface area contributed by atoms with Crippen LogP contribution in [0, 0.1) is 0 Å². The predicted molar refractivity (Wildman–Crippen MR) is 98.6 cm³/mol. The molecule has 1 aliphatic rings. The van der Waals surface area contributed by atoms with E-state index in [1.807, 2.05) is 32.9 Å². The molecule has 0 saturated carbocycles. The lowest BCUT2D eigenvalue weighted by Crippen LogP contribution is -2.44. The first-order chi connectivity index (χ1) is 10.7. The van der Waals surface area contributed by atoms with Crippen LogP contribution in [-0.4, -0.2) is 35.7 Å². The second-order valence-corrected chi connectivity index (χ2v) is 8.22. The van der Waals surface area contributed by atoms with Crippen LogP contribution >= 0.6 is 39.1 Å². The molecule has 7 heteroatoms. The number of amides is 1. The molecular weight excluding hydrogens is 403 g/mol. The summed E-state index contributed by atoms with van der Waals surface area (Å²) in [5.74, 6) is 0. The highest BCUT2D eigenvalue weighted by Crippen LogP contribution is 2.36. The fourth-order valence-electron chi connectivity index (χ4n) is 2.39. The number of anilines is 1. The van der Waals surface area contributed by atoms with Gasteiger partial charge in [0.1, 0.15) is 5.60 Å². The van der Waals surface area contributed by atoms with E-state index in [2.05, 4.69) is 21.2 Å². The van der Waals surface area contributed by atoms with Gasteiger partial charge in [0.15, 0.2) is 0 Å². The molecule has 1 aliphatic heterocycles. The summed E-state index contributed by atoms with van der Waals surface area (Å²) in [6.07, 6.45) is 1.42. The molecule has 0 spiro atoms. The summed E-state index contributed by atoms with van der Waals surface area (Å²) in [6, 6.07) is 4.02. The summed E-state index contributed by atoms with van der Waals surface area (Å²) >= 11 is 15.7. The fourth-order valence-corrected chi connectivity index (χ4v) is 3.22. The maximum absolute atomic E-state index is 12.1. The average molecular weight is 424 g/mol. The topological polar surface area (TPSA) is 41.6 Å². The smallest absolute Gasteiger partial charge is 0.410 e. The zero-order valence-corrected chi connectivity index (χ0v) is 16.6. The first kappa shape index (κ1) is 18.7. The van der Waals surface area contributed by atoms with Gasteiger partial charge in [-0.25, -0.2) is 4.79 Å². The Labute approximate surface area is 155 Å². The van der Waals surface area contributed by atoms with Crippen molar-refractivity contribution in [3.63, 3.8) is 0 Å². The number of hydrogen-bond donors (Lipinski definition) is 1. The van der Waals surface area contributed by atoms with Crippen LogP contribution in [0.5, 0.6) is 0 Å². The van der Waals surface area contributed by atoms with E-state index in [0.717, 1.165) is 23.0 Å². The lowest BCUT2D eigenvalue weighted by Gasteiger charge is -2.34. The fraction of sp³-hybridized carbons (Fsp3) is 0.562. The number of nitrogens with zero attached hydrogens (tertiary/aromatic N) is 1. The number of rotatable bonds is 2. The number of hydrogen-bond acceptors (Lipinski definition) is 3. The van der Waals surface area contributed by atoms with Gasteiger partial charge in [-0.1, -0.05) is 23.2 Å². The lowest BCUT2D eigenvalue weighted by molar-refractivity contribution is 0.0210. The van der Waals surface area contributed by atoms with Crippen molar-refractivity contribution in [1.82, 2.24) is 4.90 Å². The molecule has 1 aromatic rings. The number of nitrogens with one attached hydrogen (secondary N) is 1. The van der Waals surface area contributed by atoms with Gasteiger partial charge in [0.05, 0.1) is 15.7 Å². The second kappa shape index (κ2) is 7.49. The molecule has 1 saturated heterocycles. The third kappa shape index (κ3) is 5.16. The Balaban J connectivity index is 1.90. The molecule has 0 aromatic heterocycles. The van der Waals surface area contributed by atoms with Crippen LogP contribution in [0.1, 0.15) is 33.6 Å². The molecule has 1 amide bonds. The molecular formula is C16H21BrCl2N2O2. The Bertz CT molecular complexity index is 582. The van der Waals surface area contributed by atoms with Gasteiger partial charge in [-0.05, 0) is 61.7 Å². The SMILES string of the molecule is CC(C)(C)OC(=O)N1CCC(Nc2ccc(Br)c(Cl)c2Cl)CC1. The molecule has 128 valence electrons. The minimum absolute atomic E-state index is 0.249. The summed E-state index contributed by atoms with van der Waals surface area (Å²) in [5, 5.41) is 4.42. The molecule has 2 rings (SSSR count). The van der Waals surface area contributed by atoms with Gasteiger partial charge in [-0.2, -0.15) is 0 Å². The quantitative estimate of drug-likeness (QED) is 0.632. The standard InChI is InChI=1S/C16H21BrCl2N2O2/c1-16(2,3)23-15(22)21-8-6-10(7-9-21)20-12-5-4-11(17)13(18)14(12)19/h4-5,10,20H,6-9H2,1-3H3. The minimum Gasteiger partial charge on any atom is -0.444 e. The largest absolute Gasteiger partial charge is 0.444 e. The van der Waals surface area contributed by atoms with Crippen molar-refractivity contribution in [3.05, 3.63) is 26.7 Å². The first-order valence-corrected chi connectivity index (χ1v) is 9.10. The molecule has 4 nitrogen and oxygen atoms in total. The third-order valence-electron chi connectivity index (χ3n) is 3.54. The molecule has 0 aliphatic carbocycles. The van der Waals surface area contributed by atoms with Gasteiger partial charge in [0, 0.05) is 23.6 Å². The third-order valence-corrected chi connectivity index (χ3v) is 5.31. The van der Waals surface area contributed by atoms with Crippen molar-refractivity contribution in [3.8, 4) is 0 Å². The highest BCUT2D eigenvalue weighted by Gasteiger charge is 2.27. The molecule has 23 heavy (non-hydrogen) atoms. The van der Waals surface area contributed by atoms with Crippen molar-refractivity contribution in [2.45, 2.75) is 45.3 Å². The van der Waals surface area contributed by atoms with E-state index in [4.69, 9.17) is 27.9 Å². The number of benzene rings is 1. The molecule has 0 bridgehead atoms. The van der Waals surface area contributed by atoms with Gasteiger partial charge in [-0.3, -0.25) is 0 Å². The van der Waals surface area contributed by atoms with E-state index < -0.39 is 5.60 Å². The Kier molecular flexibility index (Phi) is 6.09. The van der Waals surface area contributed by atoms with E-state index in [-0.39, 0.29) is 12.1 Å². The Morgan fingerprint density at radius 3 is 2.43 bits per heavy atom. The molecule has 1 fully saturated rings. The van der Waals surface area contributed by atoms with Crippen molar-refractivity contribution in [2.24, 2.45) is 0 Å². The molecule has 1 N–H and O–H groups in total. The van der Waals surface area contributed by atoms with Gasteiger partial charge >= 0.3 is 6.09 Å². The lowest BCUT2D eigenvalue weighted by atomic mass is 10.0. The average Bonchev–Trinajstić information content (AvgIpc) is 2.47. The van der Waals surface area contributed by atoms with Crippen LogP contribution < -0.4 is 5.32 Å². The molecule has 1 heterocycles. The summed E-state index contributed by atoms with van der Waals surface area (Å²) in [4.78, 5) is 13.8. The number of piperidine rings is 1. The van der Waals surface area contributed by atoms with Crippen molar-refractivity contribution in [1.29, 1.82) is 0 Å². The van der Waals surface area contributed by atoms with E-state index in [1.54, 1.807) is 4.90 Å². The van der Waals surface area contributed by atoms with Gasteiger partial charge in [0.25, 0.3) is 0 Å². The molecule has 0 atom stereocenters.